The highest BCUT2D eigenvalue weighted by Gasteiger charge is 2.30. The number of hydrogen-bond donors (Lipinski definition) is 2. The lowest BCUT2D eigenvalue weighted by Crippen LogP contribution is -2.26. The van der Waals surface area contributed by atoms with E-state index >= 15 is 0 Å². The second kappa shape index (κ2) is 8.04. The van der Waals surface area contributed by atoms with Gasteiger partial charge in [-0.3, -0.25) is 4.79 Å². The third kappa shape index (κ3) is 4.39. The van der Waals surface area contributed by atoms with E-state index < -0.39 is 21.7 Å². The zero-order valence-corrected chi connectivity index (χ0v) is 17.5. The van der Waals surface area contributed by atoms with E-state index in [-0.39, 0.29) is 33.6 Å². The number of aryl methyl sites for hydroxylation is 1. The molecule has 1 aliphatic rings. The van der Waals surface area contributed by atoms with Crippen molar-refractivity contribution in [2.24, 2.45) is 0 Å². The third-order valence-electron chi connectivity index (χ3n) is 4.67. The number of aromatic nitrogens is 4. The maximum atomic E-state index is 14.2. The minimum absolute atomic E-state index is 0.0620. The lowest BCUT2D eigenvalue weighted by Gasteiger charge is -2.13. The summed E-state index contributed by atoms with van der Waals surface area (Å²) in [4.78, 5) is 12.6. The summed E-state index contributed by atoms with van der Waals surface area (Å²) in [6.07, 6.45) is 1.55. The van der Waals surface area contributed by atoms with E-state index in [1.807, 2.05) is 0 Å². The van der Waals surface area contributed by atoms with Gasteiger partial charge in [0, 0.05) is 17.3 Å². The molecular weight excluding hydrogens is 427 g/mol. The molecule has 12 heteroatoms. The molecule has 1 aliphatic carbocycles. The number of nitrogens with zero attached hydrogens (tertiary/aromatic N) is 4. The van der Waals surface area contributed by atoms with E-state index in [0.717, 1.165) is 12.8 Å². The smallest absolute Gasteiger partial charge is 0.255 e. The molecule has 2 N–H and O–H groups in total. The van der Waals surface area contributed by atoms with Gasteiger partial charge in [0.1, 0.15) is 22.1 Å². The van der Waals surface area contributed by atoms with Crippen LogP contribution in [0.5, 0.6) is 5.75 Å². The first-order valence-electron chi connectivity index (χ1n) is 9.35. The van der Waals surface area contributed by atoms with Crippen LogP contribution >= 0.6 is 0 Å². The van der Waals surface area contributed by atoms with Gasteiger partial charge < -0.3 is 10.1 Å². The van der Waals surface area contributed by atoms with Gasteiger partial charge in [0.15, 0.2) is 5.82 Å². The van der Waals surface area contributed by atoms with E-state index in [1.165, 1.54) is 48.2 Å². The molecule has 2 aromatic carbocycles. The molecule has 1 amide bonds. The summed E-state index contributed by atoms with van der Waals surface area (Å²) in [6.45, 7) is 1.61. The molecular formula is C19H19FN6O4S. The van der Waals surface area contributed by atoms with Gasteiger partial charge in [-0.2, -0.15) is 4.68 Å². The number of anilines is 1. The fourth-order valence-corrected chi connectivity index (χ4v) is 4.42. The maximum absolute atomic E-state index is 14.2. The number of halogens is 1. The molecule has 10 nitrogen and oxygen atoms in total. The Kier molecular flexibility index (Phi) is 5.41. The highest BCUT2D eigenvalue weighted by atomic mass is 32.2. The first kappa shape index (κ1) is 20.9. The van der Waals surface area contributed by atoms with Crippen molar-refractivity contribution in [3.05, 3.63) is 53.6 Å². The van der Waals surface area contributed by atoms with E-state index in [1.54, 1.807) is 6.92 Å². The van der Waals surface area contributed by atoms with Crippen LogP contribution in [0.15, 0.2) is 41.3 Å². The number of benzene rings is 2. The van der Waals surface area contributed by atoms with Crippen LogP contribution in [0, 0.1) is 12.7 Å². The van der Waals surface area contributed by atoms with Gasteiger partial charge in [-0.15, -0.1) is 5.10 Å². The van der Waals surface area contributed by atoms with Crippen LogP contribution in [-0.4, -0.2) is 47.7 Å². The molecule has 1 heterocycles. The van der Waals surface area contributed by atoms with Crippen LogP contribution in [0.4, 0.5) is 10.1 Å². The zero-order chi connectivity index (χ0) is 22.2. The first-order valence-corrected chi connectivity index (χ1v) is 10.8. The summed E-state index contributed by atoms with van der Waals surface area (Å²) >= 11 is 0. The molecule has 0 atom stereocenters. The van der Waals surface area contributed by atoms with Gasteiger partial charge in [0.05, 0.1) is 7.11 Å². The number of hydrogen-bond acceptors (Lipinski definition) is 7. The van der Waals surface area contributed by atoms with Crippen molar-refractivity contribution in [3.8, 4) is 11.4 Å². The monoisotopic (exact) mass is 446 g/mol. The summed E-state index contributed by atoms with van der Waals surface area (Å²) in [5.74, 6) is -0.646. The Bertz CT molecular complexity index is 1260. The Labute approximate surface area is 177 Å². The molecule has 0 saturated heterocycles. The number of rotatable bonds is 7. The first-order chi connectivity index (χ1) is 14.8. The minimum Gasteiger partial charge on any atom is -0.495 e. The van der Waals surface area contributed by atoms with Crippen LogP contribution < -0.4 is 14.8 Å². The number of sulfonamides is 1. The molecule has 1 saturated carbocycles. The van der Waals surface area contributed by atoms with E-state index in [0.29, 0.717) is 5.82 Å². The van der Waals surface area contributed by atoms with Crippen molar-refractivity contribution in [3.63, 3.8) is 0 Å². The fourth-order valence-electron chi connectivity index (χ4n) is 2.92. The van der Waals surface area contributed by atoms with Gasteiger partial charge in [0.2, 0.25) is 10.0 Å². The highest BCUT2D eigenvalue weighted by Crippen LogP contribution is 2.29. The molecule has 162 valence electrons. The lowest BCUT2D eigenvalue weighted by atomic mass is 10.2. The largest absolute Gasteiger partial charge is 0.495 e. The molecule has 1 aromatic heterocycles. The second-order valence-corrected chi connectivity index (χ2v) is 8.70. The number of nitrogens with one attached hydrogen (secondary N) is 2. The Morgan fingerprint density at radius 1 is 1.23 bits per heavy atom. The van der Waals surface area contributed by atoms with E-state index in [4.69, 9.17) is 4.74 Å². The summed E-state index contributed by atoms with van der Waals surface area (Å²) in [6, 6.07) is 7.94. The Hall–Kier alpha value is -3.38. The van der Waals surface area contributed by atoms with Gasteiger partial charge in [-0.1, -0.05) is 0 Å². The summed E-state index contributed by atoms with van der Waals surface area (Å²) < 4.78 is 48.5. The van der Waals surface area contributed by atoms with Crippen molar-refractivity contribution >= 4 is 21.6 Å². The number of carbonyl (C=O) groups is 1. The molecule has 0 unspecified atom stereocenters. The molecule has 0 radical (unpaired) electrons. The molecule has 3 aromatic rings. The SMILES string of the molecule is COc1ccc(C(=O)Nc2ccc(F)c(-n3nnnc3C)c2)cc1S(=O)(=O)NC1CC1. The number of amides is 1. The average Bonchev–Trinajstić information content (AvgIpc) is 3.45. The van der Waals surface area contributed by atoms with Gasteiger partial charge in [-0.05, 0) is 66.6 Å². The average molecular weight is 446 g/mol. The lowest BCUT2D eigenvalue weighted by molar-refractivity contribution is 0.102. The number of carbonyl (C=O) groups excluding carboxylic acids is 1. The number of ether oxygens (including phenoxy) is 1. The Balaban J connectivity index is 1.62. The molecule has 0 aliphatic heterocycles. The predicted octanol–water partition coefficient (Wildman–Crippen LogP) is 1.81. The van der Waals surface area contributed by atoms with Crippen LogP contribution in [0.1, 0.15) is 29.0 Å². The second-order valence-electron chi connectivity index (χ2n) is 7.02. The molecule has 1 fully saturated rings. The summed E-state index contributed by atoms with van der Waals surface area (Å²) in [5.41, 5.74) is 0.445. The van der Waals surface area contributed by atoms with Crippen molar-refractivity contribution in [2.75, 3.05) is 12.4 Å². The molecule has 0 spiro atoms. The van der Waals surface area contributed by atoms with Crippen LogP contribution in [0.2, 0.25) is 0 Å². The van der Waals surface area contributed by atoms with Crippen LogP contribution in [-0.2, 0) is 10.0 Å². The van der Waals surface area contributed by atoms with Crippen molar-refractivity contribution in [2.45, 2.75) is 30.7 Å². The van der Waals surface area contributed by atoms with Crippen molar-refractivity contribution in [1.29, 1.82) is 0 Å². The van der Waals surface area contributed by atoms with Crippen LogP contribution in [0.3, 0.4) is 0 Å². The number of tetrazole rings is 1. The molecule has 31 heavy (non-hydrogen) atoms. The van der Waals surface area contributed by atoms with Crippen molar-refractivity contribution < 1.29 is 22.3 Å². The van der Waals surface area contributed by atoms with Crippen molar-refractivity contribution in [1.82, 2.24) is 24.9 Å². The van der Waals surface area contributed by atoms with Gasteiger partial charge >= 0.3 is 0 Å². The Morgan fingerprint density at radius 3 is 2.65 bits per heavy atom. The quantitative estimate of drug-likeness (QED) is 0.566. The van der Waals surface area contributed by atoms with Crippen LogP contribution in [0.25, 0.3) is 5.69 Å². The van der Waals surface area contributed by atoms with E-state index in [2.05, 4.69) is 25.6 Å². The zero-order valence-electron chi connectivity index (χ0n) is 16.7. The topological polar surface area (TPSA) is 128 Å². The molecule has 0 bridgehead atoms. The summed E-state index contributed by atoms with van der Waals surface area (Å²) in [5, 5.41) is 13.6. The minimum atomic E-state index is -3.85. The summed E-state index contributed by atoms with van der Waals surface area (Å²) in [7, 11) is -2.49. The highest BCUT2D eigenvalue weighted by molar-refractivity contribution is 7.89. The predicted molar refractivity (Wildman–Crippen MR) is 108 cm³/mol. The standard InChI is InChI=1S/C19H19FN6O4S/c1-11-22-24-25-26(11)16-10-14(6-7-15(16)20)21-19(27)12-3-8-17(30-2)18(9-12)31(28,29)23-13-4-5-13/h3,6-10,13,23H,4-5H2,1-2H3,(H,21,27). The third-order valence-corrected chi connectivity index (χ3v) is 6.21. The van der Waals surface area contributed by atoms with E-state index in [9.17, 15) is 17.6 Å². The fraction of sp³-hybridized carbons (Fsp3) is 0.263. The van der Waals surface area contributed by atoms with Gasteiger partial charge in [-0.25, -0.2) is 17.5 Å². The molecule has 4 rings (SSSR count). The maximum Gasteiger partial charge on any atom is 0.255 e. The normalized spacial score (nSPS) is 13.8. The number of methoxy groups -OCH3 is 1. The van der Waals surface area contributed by atoms with Gasteiger partial charge in [0.25, 0.3) is 5.91 Å². The Morgan fingerprint density at radius 2 is 2.00 bits per heavy atom.